The highest BCUT2D eigenvalue weighted by Gasteiger charge is 2.18. The minimum Gasteiger partial charge on any atom is -0.358 e. The van der Waals surface area contributed by atoms with Gasteiger partial charge in [0, 0.05) is 12.4 Å². The highest BCUT2D eigenvalue weighted by atomic mass is 35.5. The Kier molecular flexibility index (Phi) is 4.76. The van der Waals surface area contributed by atoms with Crippen LogP contribution in [-0.2, 0) is 0 Å². The molecular formula is C17H16ClFN6. The molecule has 2 aromatic heterocycles. The van der Waals surface area contributed by atoms with Crippen LogP contribution in [0.15, 0.2) is 53.8 Å². The highest BCUT2D eigenvalue weighted by Crippen LogP contribution is 2.30. The molecule has 0 fully saturated rings. The van der Waals surface area contributed by atoms with Crippen molar-refractivity contribution >= 4 is 28.3 Å². The number of halogens is 2. The van der Waals surface area contributed by atoms with Crippen LogP contribution in [0.3, 0.4) is 0 Å². The van der Waals surface area contributed by atoms with Gasteiger partial charge in [-0.1, -0.05) is 23.7 Å². The second-order valence-corrected chi connectivity index (χ2v) is 5.92. The molecule has 2 N–H and O–H groups in total. The van der Waals surface area contributed by atoms with Gasteiger partial charge >= 0.3 is 0 Å². The van der Waals surface area contributed by atoms with Gasteiger partial charge in [0.15, 0.2) is 0 Å². The van der Waals surface area contributed by atoms with Crippen LogP contribution >= 0.6 is 11.6 Å². The third-order valence-corrected chi connectivity index (χ3v) is 4.26. The Morgan fingerprint density at radius 3 is 2.88 bits per heavy atom. The van der Waals surface area contributed by atoms with Crippen molar-refractivity contribution in [3.8, 4) is 0 Å². The van der Waals surface area contributed by atoms with Crippen molar-refractivity contribution in [1.29, 1.82) is 5.53 Å². The van der Waals surface area contributed by atoms with Gasteiger partial charge in [-0.15, -0.1) is 0 Å². The number of hydrogen-bond donors (Lipinski definition) is 2. The van der Waals surface area contributed by atoms with E-state index in [4.69, 9.17) is 17.1 Å². The molecule has 128 valence electrons. The molecule has 0 aliphatic heterocycles. The van der Waals surface area contributed by atoms with E-state index in [1.54, 1.807) is 18.2 Å². The van der Waals surface area contributed by atoms with Crippen molar-refractivity contribution in [1.82, 2.24) is 14.5 Å². The SMILES string of the molecule is Cc1cn(C(C)/C(=C/Nc2ccccc2F)N=N)c2ncnc(Cl)c12. The number of benzene rings is 1. The number of nitrogens with one attached hydrogen (secondary N) is 2. The summed E-state index contributed by atoms with van der Waals surface area (Å²) >= 11 is 6.16. The van der Waals surface area contributed by atoms with Crippen LogP contribution in [0.5, 0.6) is 0 Å². The predicted molar refractivity (Wildman–Crippen MR) is 95.2 cm³/mol. The van der Waals surface area contributed by atoms with Gasteiger partial charge in [-0.25, -0.2) is 19.9 Å². The van der Waals surface area contributed by atoms with Crippen molar-refractivity contribution in [2.75, 3.05) is 5.32 Å². The minimum atomic E-state index is -0.377. The molecule has 8 heteroatoms. The van der Waals surface area contributed by atoms with Crippen LogP contribution in [-0.4, -0.2) is 14.5 Å². The predicted octanol–water partition coefficient (Wildman–Crippen LogP) is 5.08. The molecule has 1 unspecified atom stereocenters. The van der Waals surface area contributed by atoms with Crippen LogP contribution in [0.4, 0.5) is 10.1 Å². The van der Waals surface area contributed by atoms with Crippen LogP contribution in [0.1, 0.15) is 18.5 Å². The molecule has 2 heterocycles. The molecule has 6 nitrogen and oxygen atoms in total. The first-order valence-electron chi connectivity index (χ1n) is 7.59. The summed E-state index contributed by atoms with van der Waals surface area (Å²) in [6.45, 7) is 3.79. The number of nitrogens with zero attached hydrogens (tertiary/aromatic N) is 4. The number of hydrogen-bond acceptors (Lipinski definition) is 5. The summed E-state index contributed by atoms with van der Waals surface area (Å²) in [5.41, 5.74) is 9.78. The maximum Gasteiger partial charge on any atom is 0.146 e. The molecule has 25 heavy (non-hydrogen) atoms. The zero-order valence-electron chi connectivity index (χ0n) is 13.7. The molecule has 0 amide bonds. The largest absolute Gasteiger partial charge is 0.358 e. The summed E-state index contributed by atoms with van der Waals surface area (Å²) in [5.74, 6) is -0.377. The molecule has 1 atom stereocenters. The molecule has 0 radical (unpaired) electrons. The Morgan fingerprint density at radius 1 is 1.40 bits per heavy atom. The van der Waals surface area contributed by atoms with E-state index in [0.717, 1.165) is 10.9 Å². The smallest absolute Gasteiger partial charge is 0.146 e. The summed E-state index contributed by atoms with van der Waals surface area (Å²) in [6.07, 6.45) is 4.80. The van der Waals surface area contributed by atoms with Crippen molar-refractivity contribution in [2.45, 2.75) is 19.9 Å². The fourth-order valence-electron chi connectivity index (χ4n) is 2.64. The highest BCUT2D eigenvalue weighted by molar-refractivity contribution is 6.34. The van der Waals surface area contributed by atoms with E-state index in [0.29, 0.717) is 22.2 Å². The first-order chi connectivity index (χ1) is 12.0. The molecule has 0 bridgehead atoms. The molecule has 0 aliphatic carbocycles. The lowest BCUT2D eigenvalue weighted by Gasteiger charge is -2.15. The average Bonchev–Trinajstić information content (AvgIpc) is 2.95. The summed E-state index contributed by atoms with van der Waals surface area (Å²) in [7, 11) is 0. The van der Waals surface area contributed by atoms with Gasteiger partial charge in [0.2, 0.25) is 0 Å². The fraction of sp³-hybridized carbons (Fsp3) is 0.176. The summed E-state index contributed by atoms with van der Waals surface area (Å²) in [4.78, 5) is 8.29. The number of allylic oxidation sites excluding steroid dienone is 1. The zero-order valence-corrected chi connectivity index (χ0v) is 14.4. The summed E-state index contributed by atoms with van der Waals surface area (Å²) in [6, 6.07) is 6.00. The second kappa shape index (κ2) is 6.98. The molecule has 3 aromatic rings. The molecule has 0 aliphatic rings. The maximum atomic E-state index is 13.7. The standard InChI is InChI=1S/C17H16ClFN6/c1-10-8-25(17-15(10)16(18)22-9-23-17)11(2)14(24-20)7-21-13-6-4-3-5-12(13)19/h3-9,11,20-21H,1-2H3/b14-7-,24-20?. The number of anilines is 1. The van der Waals surface area contributed by atoms with Gasteiger partial charge in [0.1, 0.15) is 28.6 Å². The summed E-state index contributed by atoms with van der Waals surface area (Å²) < 4.78 is 15.6. The fourth-order valence-corrected chi connectivity index (χ4v) is 2.92. The van der Waals surface area contributed by atoms with Crippen molar-refractivity contribution in [2.24, 2.45) is 5.11 Å². The van der Waals surface area contributed by atoms with E-state index in [-0.39, 0.29) is 11.9 Å². The molecule has 0 spiro atoms. The van der Waals surface area contributed by atoms with Crippen LogP contribution in [0.25, 0.3) is 11.0 Å². The van der Waals surface area contributed by atoms with E-state index >= 15 is 0 Å². The Labute approximate surface area is 148 Å². The van der Waals surface area contributed by atoms with Crippen LogP contribution in [0, 0.1) is 18.3 Å². The lowest BCUT2D eigenvalue weighted by atomic mass is 10.2. The van der Waals surface area contributed by atoms with Gasteiger partial charge in [-0.3, -0.25) is 0 Å². The molecule has 0 saturated heterocycles. The maximum absolute atomic E-state index is 13.7. The Morgan fingerprint density at radius 2 is 2.16 bits per heavy atom. The zero-order chi connectivity index (χ0) is 18.0. The van der Waals surface area contributed by atoms with Crippen molar-refractivity contribution in [3.63, 3.8) is 0 Å². The van der Waals surface area contributed by atoms with Crippen LogP contribution < -0.4 is 5.32 Å². The van der Waals surface area contributed by atoms with Gasteiger partial charge < -0.3 is 9.88 Å². The lowest BCUT2D eigenvalue weighted by Crippen LogP contribution is -2.08. The number of aromatic nitrogens is 3. The van der Waals surface area contributed by atoms with E-state index in [1.165, 1.54) is 18.6 Å². The van der Waals surface area contributed by atoms with Gasteiger partial charge in [0.25, 0.3) is 0 Å². The lowest BCUT2D eigenvalue weighted by molar-refractivity contribution is 0.621. The van der Waals surface area contributed by atoms with Gasteiger partial charge in [-0.2, -0.15) is 5.11 Å². The van der Waals surface area contributed by atoms with E-state index in [2.05, 4.69) is 20.4 Å². The third kappa shape index (κ3) is 3.23. The van der Waals surface area contributed by atoms with Crippen molar-refractivity contribution in [3.05, 3.63) is 65.2 Å². The normalized spacial score (nSPS) is 13.0. The minimum absolute atomic E-state index is 0.307. The molecule has 1 aromatic carbocycles. The van der Waals surface area contributed by atoms with Gasteiger partial charge in [0.05, 0.1) is 17.1 Å². The molecular weight excluding hydrogens is 343 g/mol. The van der Waals surface area contributed by atoms with E-state index in [9.17, 15) is 4.39 Å². The average molecular weight is 359 g/mol. The molecule has 3 rings (SSSR count). The van der Waals surface area contributed by atoms with Crippen molar-refractivity contribution < 1.29 is 4.39 Å². The number of rotatable bonds is 5. The monoisotopic (exact) mass is 358 g/mol. The van der Waals surface area contributed by atoms with Crippen LogP contribution in [0.2, 0.25) is 5.15 Å². The second-order valence-electron chi connectivity index (χ2n) is 5.56. The van der Waals surface area contributed by atoms with E-state index in [1.807, 2.05) is 24.6 Å². The Hall–Kier alpha value is -2.80. The molecule has 0 saturated carbocycles. The third-order valence-electron chi connectivity index (χ3n) is 3.98. The first-order valence-corrected chi connectivity index (χ1v) is 7.97. The van der Waals surface area contributed by atoms with Gasteiger partial charge in [-0.05, 0) is 31.5 Å². The topological polar surface area (TPSA) is 79.0 Å². The number of fused-ring (bicyclic) bond motifs is 1. The van der Waals surface area contributed by atoms with E-state index < -0.39 is 0 Å². The Balaban J connectivity index is 1.97. The first kappa shape index (κ1) is 17.0. The Bertz CT molecular complexity index is 965. The summed E-state index contributed by atoms with van der Waals surface area (Å²) in [5, 5.41) is 7.58. The number of para-hydroxylation sites is 1. The quantitative estimate of drug-likeness (QED) is 0.493. The number of aryl methyl sites for hydroxylation is 1.